The molecular weight excluding hydrogens is 480 g/mol. The topological polar surface area (TPSA) is 122 Å². The van der Waals surface area contributed by atoms with Crippen molar-refractivity contribution in [2.45, 2.75) is 76.9 Å². The smallest absolute Gasteiger partial charge is 0.422 e. The fraction of sp³-hybridized carbons (Fsp3) is 0.577. The van der Waals surface area contributed by atoms with Gasteiger partial charge in [-0.15, -0.1) is 0 Å². The summed E-state index contributed by atoms with van der Waals surface area (Å²) >= 11 is 0. The molecule has 3 fully saturated rings. The molecule has 2 unspecified atom stereocenters. The minimum absolute atomic E-state index is 0.00647. The number of hydrogen-bond acceptors (Lipinski definition) is 9. The van der Waals surface area contributed by atoms with Crippen molar-refractivity contribution in [2.24, 2.45) is 5.92 Å². The largest absolute Gasteiger partial charge is 0.496 e. The Morgan fingerprint density at radius 2 is 1.68 bits per heavy atom. The van der Waals surface area contributed by atoms with Gasteiger partial charge in [0.25, 0.3) is 0 Å². The van der Waals surface area contributed by atoms with Crippen LogP contribution >= 0.6 is 0 Å². The number of hydrogen-bond donors (Lipinski definition) is 0. The van der Waals surface area contributed by atoms with Crippen molar-refractivity contribution in [3.63, 3.8) is 0 Å². The van der Waals surface area contributed by atoms with E-state index in [0.29, 0.717) is 24.4 Å². The third-order valence-corrected chi connectivity index (χ3v) is 7.86. The van der Waals surface area contributed by atoms with Crippen LogP contribution in [0.1, 0.15) is 56.3 Å². The molecule has 3 aliphatic heterocycles. The van der Waals surface area contributed by atoms with Gasteiger partial charge in [-0.1, -0.05) is 18.2 Å². The van der Waals surface area contributed by atoms with E-state index in [2.05, 4.69) is 22.0 Å². The molecule has 37 heavy (non-hydrogen) atoms. The molecule has 0 N–H and O–H groups in total. The fourth-order valence-corrected chi connectivity index (χ4v) is 6.11. The van der Waals surface area contributed by atoms with E-state index in [9.17, 15) is 19.2 Å². The van der Waals surface area contributed by atoms with Crippen molar-refractivity contribution in [3.8, 4) is 5.75 Å². The van der Waals surface area contributed by atoms with E-state index in [0.717, 1.165) is 47.1 Å². The predicted molar refractivity (Wildman–Crippen MR) is 131 cm³/mol. The Kier molecular flexibility index (Phi) is 7.14. The Labute approximate surface area is 214 Å². The highest BCUT2D eigenvalue weighted by Crippen LogP contribution is 2.40. The van der Waals surface area contributed by atoms with Gasteiger partial charge in [0, 0.05) is 25.2 Å². The van der Waals surface area contributed by atoms with Gasteiger partial charge in [0.15, 0.2) is 0 Å². The molecule has 2 atom stereocenters. The molecule has 1 aromatic carbocycles. The molecule has 0 radical (unpaired) electrons. The van der Waals surface area contributed by atoms with Crippen molar-refractivity contribution in [3.05, 3.63) is 56.6 Å². The molecule has 4 heterocycles. The maximum atomic E-state index is 13.0. The number of esters is 2. The Bertz CT molecular complexity index is 1270. The van der Waals surface area contributed by atoms with Crippen LogP contribution in [-0.2, 0) is 32.0 Å². The summed E-state index contributed by atoms with van der Waals surface area (Å²) in [6.45, 7) is 2.37. The van der Waals surface area contributed by atoms with Crippen LogP contribution < -0.4 is 16.1 Å². The molecule has 0 aliphatic carbocycles. The highest BCUT2D eigenvalue weighted by molar-refractivity contribution is 6.30. The fourth-order valence-electron chi connectivity index (χ4n) is 6.11. The minimum Gasteiger partial charge on any atom is -0.496 e. The Hall–Kier alpha value is -3.47. The maximum Gasteiger partial charge on any atom is 0.422 e. The van der Waals surface area contributed by atoms with Gasteiger partial charge in [-0.2, -0.15) is 4.98 Å². The van der Waals surface area contributed by atoms with E-state index < -0.39 is 29.7 Å². The third-order valence-electron chi connectivity index (χ3n) is 7.86. The van der Waals surface area contributed by atoms with Crippen LogP contribution in [0.15, 0.2) is 33.9 Å². The number of para-hydroxylation sites is 1. The number of fused-ring (bicyclic) bond motifs is 2. The molecule has 0 saturated carbocycles. The summed E-state index contributed by atoms with van der Waals surface area (Å²) in [6, 6.07) is 9.24. The highest BCUT2D eigenvalue weighted by atomic mass is 16.8. The average molecular weight is 513 g/mol. The van der Waals surface area contributed by atoms with Gasteiger partial charge in [0.1, 0.15) is 11.6 Å². The van der Waals surface area contributed by atoms with Gasteiger partial charge >= 0.3 is 29.7 Å². The van der Waals surface area contributed by atoms with Crippen LogP contribution in [0, 0.1) is 12.8 Å². The highest BCUT2D eigenvalue weighted by Gasteiger charge is 2.40. The van der Waals surface area contributed by atoms with Crippen LogP contribution in [0.3, 0.4) is 0 Å². The SMILES string of the molecule is COc1ccccc1CCC1CC2CCC(C1)N2CCCn1c(=O)nc(C)n(C2OC(=O)C(=O)O2)c1=O. The van der Waals surface area contributed by atoms with Crippen molar-refractivity contribution in [2.75, 3.05) is 13.7 Å². The monoisotopic (exact) mass is 512 g/mol. The molecule has 5 rings (SSSR count). The minimum atomic E-state index is -1.54. The van der Waals surface area contributed by atoms with Gasteiger partial charge in [-0.3, -0.25) is 4.90 Å². The van der Waals surface area contributed by atoms with Crippen molar-refractivity contribution >= 4 is 11.9 Å². The summed E-state index contributed by atoms with van der Waals surface area (Å²) in [5, 5.41) is 0. The molecule has 3 saturated heterocycles. The Balaban J connectivity index is 1.18. The second-order valence-corrected chi connectivity index (χ2v) is 10.0. The normalized spacial score (nSPS) is 23.8. The van der Waals surface area contributed by atoms with Crippen LogP contribution in [0.25, 0.3) is 0 Å². The van der Waals surface area contributed by atoms with Crippen LogP contribution in [0.5, 0.6) is 5.75 Å². The maximum absolute atomic E-state index is 13.0. The van der Waals surface area contributed by atoms with Gasteiger partial charge in [-0.25, -0.2) is 28.3 Å². The number of cyclic esters (lactones) is 2. The number of piperidine rings is 1. The zero-order valence-corrected chi connectivity index (χ0v) is 21.1. The lowest BCUT2D eigenvalue weighted by Crippen LogP contribution is -2.46. The van der Waals surface area contributed by atoms with E-state index in [4.69, 9.17) is 14.2 Å². The zero-order valence-electron chi connectivity index (χ0n) is 21.1. The first kappa shape index (κ1) is 25.2. The van der Waals surface area contributed by atoms with Crippen LogP contribution in [-0.4, -0.2) is 56.7 Å². The summed E-state index contributed by atoms with van der Waals surface area (Å²) in [6.07, 6.45) is 5.86. The summed E-state index contributed by atoms with van der Waals surface area (Å²) in [5.74, 6) is -0.739. The van der Waals surface area contributed by atoms with E-state index in [-0.39, 0.29) is 12.4 Å². The first-order valence-corrected chi connectivity index (χ1v) is 12.8. The first-order chi connectivity index (χ1) is 17.9. The number of rotatable bonds is 9. The molecule has 0 amide bonds. The summed E-state index contributed by atoms with van der Waals surface area (Å²) < 4.78 is 17.0. The lowest BCUT2D eigenvalue weighted by molar-refractivity contribution is -0.155. The molecule has 1 aromatic heterocycles. The zero-order chi connectivity index (χ0) is 26.1. The number of ether oxygens (including phenoxy) is 3. The lowest BCUT2D eigenvalue weighted by atomic mass is 9.86. The Morgan fingerprint density at radius 3 is 2.35 bits per heavy atom. The van der Waals surface area contributed by atoms with Gasteiger partial charge in [-0.05, 0) is 69.4 Å². The molecule has 3 aliphatic rings. The summed E-state index contributed by atoms with van der Waals surface area (Å²) in [7, 11) is 1.71. The first-order valence-electron chi connectivity index (χ1n) is 12.8. The number of carbonyl (C=O) groups is 2. The molecule has 2 aromatic rings. The van der Waals surface area contributed by atoms with Crippen molar-refractivity contribution < 1.29 is 23.8 Å². The second kappa shape index (κ2) is 10.5. The molecule has 11 heteroatoms. The van der Waals surface area contributed by atoms with E-state index >= 15 is 0 Å². The number of methoxy groups -OCH3 is 1. The molecule has 198 valence electrons. The van der Waals surface area contributed by atoms with Gasteiger partial charge in [0.2, 0.25) is 0 Å². The summed E-state index contributed by atoms with van der Waals surface area (Å²) in [5.41, 5.74) is -0.139. The Morgan fingerprint density at radius 1 is 1.00 bits per heavy atom. The van der Waals surface area contributed by atoms with Crippen molar-refractivity contribution in [1.82, 2.24) is 19.0 Å². The van der Waals surface area contributed by atoms with Gasteiger partial charge < -0.3 is 14.2 Å². The van der Waals surface area contributed by atoms with Crippen LogP contribution in [0.4, 0.5) is 0 Å². The number of aromatic nitrogens is 3. The van der Waals surface area contributed by atoms with Crippen LogP contribution in [0.2, 0.25) is 0 Å². The number of nitrogens with zero attached hydrogens (tertiary/aromatic N) is 4. The molecular formula is C26H32N4O7. The standard InChI is InChI=1S/C26H32N4O7/c1-16-27-24(33)29(25(34)30(16)26-36-22(31)23(32)37-26)13-5-12-28-19-10-11-20(28)15-17(14-19)8-9-18-6-3-4-7-21(18)35-2/h3-4,6-7,17,19-20,26H,5,8-15H2,1-2H3. The number of carbonyl (C=O) groups excluding carboxylic acids is 2. The predicted octanol–water partition coefficient (Wildman–Crippen LogP) is 1.54. The van der Waals surface area contributed by atoms with E-state index in [1.807, 2.05) is 12.1 Å². The molecule has 0 spiro atoms. The second-order valence-electron chi connectivity index (χ2n) is 10.0. The third kappa shape index (κ3) is 5.04. The molecule has 2 bridgehead atoms. The molecule has 11 nitrogen and oxygen atoms in total. The van der Waals surface area contributed by atoms with Crippen molar-refractivity contribution in [1.29, 1.82) is 0 Å². The average Bonchev–Trinajstić information content (AvgIpc) is 3.32. The summed E-state index contributed by atoms with van der Waals surface area (Å²) in [4.78, 5) is 54.7. The number of benzene rings is 1. The van der Waals surface area contributed by atoms with E-state index in [1.54, 1.807) is 7.11 Å². The lowest BCUT2D eigenvalue weighted by Gasteiger charge is -2.39. The van der Waals surface area contributed by atoms with Gasteiger partial charge in [0.05, 0.1) is 7.11 Å². The van der Waals surface area contributed by atoms with E-state index in [1.165, 1.54) is 25.3 Å². The number of aryl methyl sites for hydroxylation is 2. The quantitative estimate of drug-likeness (QED) is 0.364.